The lowest BCUT2D eigenvalue weighted by Gasteiger charge is -2.24. The number of methoxy groups -OCH3 is 1. The Kier molecular flexibility index (Phi) is 6.91. The van der Waals surface area contributed by atoms with Crippen molar-refractivity contribution in [3.05, 3.63) is 56.7 Å². The molecule has 166 valence electrons. The van der Waals surface area contributed by atoms with Crippen LogP contribution in [0.15, 0.2) is 39.9 Å². The van der Waals surface area contributed by atoms with Crippen LogP contribution in [0.3, 0.4) is 0 Å². The maximum absolute atomic E-state index is 12.8. The first-order valence-corrected chi connectivity index (χ1v) is 9.96. The van der Waals surface area contributed by atoms with E-state index in [1.165, 1.54) is 11.7 Å². The zero-order valence-electron chi connectivity index (χ0n) is 17.5. The quantitative estimate of drug-likeness (QED) is 0.548. The highest BCUT2D eigenvalue weighted by Gasteiger charge is 2.41. The third-order valence-electron chi connectivity index (χ3n) is 5.24. The van der Waals surface area contributed by atoms with Crippen molar-refractivity contribution < 1.29 is 19.1 Å². The molecule has 1 heterocycles. The number of carbonyl (C=O) groups excluding carboxylic acids is 2. The van der Waals surface area contributed by atoms with Gasteiger partial charge in [0.2, 0.25) is 0 Å². The highest BCUT2D eigenvalue weighted by atomic mass is 16.5. The van der Waals surface area contributed by atoms with Crippen molar-refractivity contribution in [1.29, 1.82) is 0 Å². The van der Waals surface area contributed by atoms with Crippen molar-refractivity contribution in [3.8, 4) is 0 Å². The Balaban J connectivity index is 1.89. The monoisotopic (exact) mass is 430 g/mol. The van der Waals surface area contributed by atoms with E-state index >= 15 is 0 Å². The van der Waals surface area contributed by atoms with Crippen LogP contribution >= 0.6 is 0 Å². The molecule has 2 atom stereocenters. The summed E-state index contributed by atoms with van der Waals surface area (Å²) in [6.07, 6.45) is 0.734. The average Bonchev–Trinajstić information content (AvgIpc) is 3.48. The SMILES string of the molecule is COCCN(C(=O)COC(=O)[C@@H]1C[C@H]1C)c1c(N)n(Cc2ccccc2)c(=O)[nH]c1=O. The van der Waals surface area contributed by atoms with Crippen molar-refractivity contribution in [2.45, 2.75) is 19.9 Å². The van der Waals surface area contributed by atoms with Crippen LogP contribution < -0.4 is 21.9 Å². The van der Waals surface area contributed by atoms with Gasteiger partial charge in [0.1, 0.15) is 5.82 Å². The molecular weight excluding hydrogens is 404 g/mol. The number of carbonyl (C=O) groups is 2. The number of hydrogen-bond acceptors (Lipinski definition) is 7. The molecule has 0 saturated heterocycles. The number of nitrogens with zero attached hydrogens (tertiary/aromatic N) is 2. The fraction of sp³-hybridized carbons (Fsp3) is 0.429. The minimum absolute atomic E-state index is 0.0104. The van der Waals surface area contributed by atoms with Gasteiger partial charge in [0.05, 0.1) is 19.1 Å². The summed E-state index contributed by atoms with van der Waals surface area (Å²) in [4.78, 5) is 53.1. The molecular formula is C21H26N4O6. The first-order valence-electron chi connectivity index (χ1n) is 9.96. The zero-order valence-corrected chi connectivity index (χ0v) is 17.5. The van der Waals surface area contributed by atoms with Crippen molar-refractivity contribution in [1.82, 2.24) is 9.55 Å². The van der Waals surface area contributed by atoms with Crippen molar-refractivity contribution >= 4 is 23.4 Å². The van der Waals surface area contributed by atoms with Gasteiger partial charge >= 0.3 is 11.7 Å². The molecule has 1 aliphatic rings. The Morgan fingerprint density at radius 1 is 1.26 bits per heavy atom. The molecule has 1 aromatic carbocycles. The summed E-state index contributed by atoms with van der Waals surface area (Å²) in [6, 6.07) is 9.08. The Labute approximate surface area is 178 Å². The fourth-order valence-corrected chi connectivity index (χ4v) is 3.27. The molecule has 1 aliphatic carbocycles. The zero-order chi connectivity index (χ0) is 22.5. The van der Waals surface area contributed by atoms with E-state index in [9.17, 15) is 19.2 Å². The number of aromatic amines is 1. The van der Waals surface area contributed by atoms with E-state index in [-0.39, 0.29) is 43.0 Å². The smallest absolute Gasteiger partial charge is 0.330 e. The maximum atomic E-state index is 12.8. The highest BCUT2D eigenvalue weighted by molar-refractivity contribution is 5.97. The summed E-state index contributed by atoms with van der Waals surface area (Å²) in [5, 5.41) is 0. The predicted molar refractivity (Wildman–Crippen MR) is 114 cm³/mol. The van der Waals surface area contributed by atoms with Gasteiger partial charge in [0.25, 0.3) is 11.5 Å². The van der Waals surface area contributed by atoms with E-state index in [2.05, 4.69) is 4.98 Å². The molecule has 31 heavy (non-hydrogen) atoms. The first-order chi connectivity index (χ1) is 14.8. The van der Waals surface area contributed by atoms with Gasteiger partial charge in [-0.1, -0.05) is 37.3 Å². The number of aromatic nitrogens is 2. The lowest BCUT2D eigenvalue weighted by atomic mass is 10.2. The molecule has 3 rings (SSSR count). The molecule has 0 spiro atoms. The van der Waals surface area contributed by atoms with Gasteiger partial charge < -0.3 is 15.2 Å². The standard InChI is InChI=1S/C21H26N4O6/c1-13-10-15(13)20(28)31-12-16(26)24(8-9-30-2)17-18(22)25(21(29)23-19(17)27)11-14-6-4-3-5-7-14/h3-7,13,15H,8-12,22H2,1-2H3,(H,23,27,29)/t13-,15-/m1/s1. The van der Waals surface area contributed by atoms with Crippen LogP contribution in [0.5, 0.6) is 0 Å². The minimum Gasteiger partial charge on any atom is -0.455 e. The normalized spacial score (nSPS) is 17.2. The summed E-state index contributed by atoms with van der Waals surface area (Å²) in [6.45, 7) is 1.59. The van der Waals surface area contributed by atoms with E-state index in [0.29, 0.717) is 0 Å². The lowest BCUT2D eigenvalue weighted by molar-refractivity contribution is -0.149. The van der Waals surface area contributed by atoms with Crippen molar-refractivity contribution in [2.24, 2.45) is 11.8 Å². The number of nitrogen functional groups attached to an aromatic ring is 1. The van der Waals surface area contributed by atoms with Gasteiger partial charge in [0, 0.05) is 13.7 Å². The van der Waals surface area contributed by atoms with Gasteiger partial charge in [0.15, 0.2) is 12.3 Å². The highest BCUT2D eigenvalue weighted by Crippen LogP contribution is 2.38. The largest absolute Gasteiger partial charge is 0.455 e. The van der Waals surface area contributed by atoms with E-state index in [0.717, 1.165) is 16.9 Å². The molecule has 1 amide bonds. The van der Waals surface area contributed by atoms with Crippen LogP contribution in [-0.4, -0.2) is 48.3 Å². The number of nitrogens with one attached hydrogen (secondary N) is 1. The number of amides is 1. The number of hydrogen-bond donors (Lipinski definition) is 2. The second-order valence-corrected chi connectivity index (χ2v) is 7.53. The lowest BCUT2D eigenvalue weighted by Crippen LogP contribution is -2.44. The summed E-state index contributed by atoms with van der Waals surface area (Å²) in [5.74, 6) is -1.19. The Morgan fingerprint density at radius 2 is 1.94 bits per heavy atom. The second kappa shape index (κ2) is 9.61. The molecule has 0 bridgehead atoms. The first kappa shape index (κ1) is 22.3. The fourth-order valence-electron chi connectivity index (χ4n) is 3.27. The molecule has 10 heteroatoms. The van der Waals surface area contributed by atoms with Gasteiger partial charge in [-0.2, -0.15) is 0 Å². The van der Waals surface area contributed by atoms with Crippen LogP contribution in [0.4, 0.5) is 11.5 Å². The average molecular weight is 430 g/mol. The molecule has 3 N–H and O–H groups in total. The summed E-state index contributed by atoms with van der Waals surface area (Å²) >= 11 is 0. The molecule has 0 radical (unpaired) electrons. The summed E-state index contributed by atoms with van der Waals surface area (Å²) < 4.78 is 11.3. The van der Waals surface area contributed by atoms with Crippen LogP contribution in [0.1, 0.15) is 18.9 Å². The molecule has 0 aliphatic heterocycles. The van der Waals surface area contributed by atoms with Crippen molar-refractivity contribution in [3.63, 3.8) is 0 Å². The van der Waals surface area contributed by atoms with E-state index in [4.69, 9.17) is 15.2 Å². The topological polar surface area (TPSA) is 137 Å². The molecule has 2 aromatic rings. The minimum atomic E-state index is -0.807. The van der Waals surface area contributed by atoms with Gasteiger partial charge in [-0.15, -0.1) is 0 Å². The molecule has 1 aromatic heterocycles. The van der Waals surface area contributed by atoms with Gasteiger partial charge in [-0.3, -0.25) is 28.8 Å². The van der Waals surface area contributed by atoms with Crippen LogP contribution in [0.25, 0.3) is 0 Å². The number of ether oxygens (including phenoxy) is 2. The summed E-state index contributed by atoms with van der Waals surface area (Å²) in [5.41, 5.74) is 5.28. The third kappa shape index (κ3) is 5.21. The molecule has 1 saturated carbocycles. The van der Waals surface area contributed by atoms with E-state index in [1.807, 2.05) is 37.3 Å². The number of esters is 1. The number of anilines is 2. The van der Waals surface area contributed by atoms with Gasteiger partial charge in [-0.05, 0) is 17.9 Å². The predicted octanol–water partition coefficient (Wildman–Crippen LogP) is 0.346. The third-order valence-corrected chi connectivity index (χ3v) is 5.24. The number of H-pyrrole nitrogens is 1. The summed E-state index contributed by atoms with van der Waals surface area (Å²) in [7, 11) is 1.45. The number of benzene rings is 1. The van der Waals surface area contributed by atoms with Crippen molar-refractivity contribution in [2.75, 3.05) is 37.5 Å². The number of nitrogens with two attached hydrogens (primary N) is 1. The number of rotatable bonds is 9. The van der Waals surface area contributed by atoms with E-state index < -0.39 is 29.7 Å². The Bertz CT molecular complexity index is 1060. The van der Waals surface area contributed by atoms with E-state index in [1.54, 1.807) is 0 Å². The maximum Gasteiger partial charge on any atom is 0.330 e. The van der Waals surface area contributed by atoms with Crippen LogP contribution in [0, 0.1) is 11.8 Å². The molecule has 0 unspecified atom stereocenters. The molecule has 1 fully saturated rings. The van der Waals surface area contributed by atoms with Crippen LogP contribution in [-0.2, 0) is 25.6 Å². The van der Waals surface area contributed by atoms with Crippen LogP contribution in [0.2, 0.25) is 0 Å². The Morgan fingerprint density at radius 3 is 2.55 bits per heavy atom. The Hall–Kier alpha value is -3.40. The second-order valence-electron chi connectivity index (χ2n) is 7.53. The molecule has 10 nitrogen and oxygen atoms in total. The van der Waals surface area contributed by atoms with Gasteiger partial charge in [-0.25, -0.2) is 4.79 Å².